The van der Waals surface area contributed by atoms with Crippen molar-refractivity contribution in [2.75, 3.05) is 0 Å². The van der Waals surface area contributed by atoms with Gasteiger partial charge in [0.25, 0.3) is 0 Å². The van der Waals surface area contributed by atoms with Gasteiger partial charge in [0.05, 0.1) is 5.69 Å². The maximum Gasteiger partial charge on any atom is 0.0702 e. The van der Waals surface area contributed by atoms with E-state index in [2.05, 4.69) is 158 Å². The van der Waals surface area contributed by atoms with Gasteiger partial charge in [0.1, 0.15) is 0 Å². The van der Waals surface area contributed by atoms with E-state index in [1.165, 1.54) is 87.2 Å². The van der Waals surface area contributed by atoms with Crippen molar-refractivity contribution in [3.05, 3.63) is 163 Å². The monoisotopic (exact) mass is 597 g/mol. The van der Waals surface area contributed by atoms with Crippen molar-refractivity contribution < 1.29 is 0 Å². The number of hydrogen-bond acceptors (Lipinski definition) is 1. The summed E-state index contributed by atoms with van der Waals surface area (Å²) in [7, 11) is 0. The Morgan fingerprint density at radius 2 is 1.11 bits per heavy atom. The van der Waals surface area contributed by atoms with Gasteiger partial charge in [0.2, 0.25) is 0 Å². The van der Waals surface area contributed by atoms with Crippen LogP contribution < -0.4 is 0 Å². The smallest absolute Gasteiger partial charge is 0.0702 e. The maximum absolute atomic E-state index is 4.68. The molecule has 0 bridgehead atoms. The largest absolute Gasteiger partial charge is 0.256 e. The van der Waals surface area contributed by atoms with E-state index in [1.807, 2.05) is 12.3 Å². The molecule has 9 aromatic rings. The first-order valence-electron chi connectivity index (χ1n) is 16.5. The Morgan fingerprint density at radius 1 is 0.447 bits per heavy atom. The molecule has 0 radical (unpaired) electrons. The number of pyridine rings is 1. The highest BCUT2D eigenvalue weighted by atomic mass is 14.7. The lowest BCUT2D eigenvalue weighted by Gasteiger charge is -2.26. The number of fused-ring (bicyclic) bond motifs is 14. The summed E-state index contributed by atoms with van der Waals surface area (Å²) in [5.74, 6) is 0. The van der Waals surface area contributed by atoms with Crippen LogP contribution in [-0.4, -0.2) is 4.98 Å². The molecule has 0 unspecified atom stereocenters. The molecule has 1 aromatic heterocycles. The second-order valence-electron chi connectivity index (χ2n) is 13.5. The van der Waals surface area contributed by atoms with Crippen molar-refractivity contribution in [2.45, 2.75) is 19.3 Å². The first-order chi connectivity index (χ1) is 23.1. The molecule has 1 aliphatic carbocycles. The number of aromatic nitrogens is 1. The number of rotatable bonds is 2. The maximum atomic E-state index is 4.68. The highest BCUT2D eigenvalue weighted by molar-refractivity contribution is 6.35. The van der Waals surface area contributed by atoms with Crippen LogP contribution in [0.3, 0.4) is 0 Å². The Morgan fingerprint density at radius 3 is 1.91 bits per heavy atom. The average Bonchev–Trinajstić information content (AvgIpc) is 3.37. The van der Waals surface area contributed by atoms with Crippen LogP contribution in [0.15, 0.2) is 152 Å². The van der Waals surface area contributed by atoms with Gasteiger partial charge in [-0.05, 0) is 112 Å². The summed E-state index contributed by atoms with van der Waals surface area (Å²) in [6, 6.07) is 53.7. The molecule has 0 fully saturated rings. The Balaban J connectivity index is 1.33. The fraction of sp³-hybridized carbons (Fsp3) is 0.0652. The van der Waals surface area contributed by atoms with Crippen LogP contribution in [-0.2, 0) is 5.41 Å². The van der Waals surface area contributed by atoms with Crippen molar-refractivity contribution in [3.63, 3.8) is 0 Å². The summed E-state index contributed by atoms with van der Waals surface area (Å²) in [6.45, 7) is 4.86. The average molecular weight is 598 g/mol. The van der Waals surface area contributed by atoms with Crippen LogP contribution in [0.1, 0.15) is 25.0 Å². The van der Waals surface area contributed by atoms with Gasteiger partial charge in [-0.1, -0.05) is 135 Å². The lowest BCUT2D eigenvalue weighted by molar-refractivity contribution is 0.667. The zero-order valence-corrected chi connectivity index (χ0v) is 26.4. The van der Waals surface area contributed by atoms with Crippen LogP contribution >= 0.6 is 0 Å². The fourth-order valence-electron chi connectivity index (χ4n) is 8.56. The zero-order valence-electron chi connectivity index (χ0n) is 26.4. The molecular weight excluding hydrogens is 567 g/mol. The van der Waals surface area contributed by atoms with E-state index in [0.717, 1.165) is 11.3 Å². The molecule has 0 aliphatic heterocycles. The van der Waals surface area contributed by atoms with Gasteiger partial charge in [-0.25, -0.2) is 0 Å². The van der Waals surface area contributed by atoms with Crippen molar-refractivity contribution in [2.24, 2.45) is 0 Å². The predicted molar refractivity (Wildman–Crippen MR) is 200 cm³/mol. The van der Waals surface area contributed by atoms with Gasteiger partial charge in [-0.15, -0.1) is 0 Å². The molecule has 0 saturated heterocycles. The topological polar surface area (TPSA) is 12.9 Å². The Labute approximate surface area is 273 Å². The molecule has 1 aliphatic rings. The Bertz CT molecular complexity index is 2750. The molecule has 0 atom stereocenters. The molecule has 0 N–H and O–H groups in total. The van der Waals surface area contributed by atoms with Crippen LogP contribution in [0.5, 0.6) is 0 Å². The number of nitrogens with zero attached hydrogens (tertiary/aromatic N) is 1. The summed E-state index contributed by atoms with van der Waals surface area (Å²) in [4.78, 5) is 4.68. The van der Waals surface area contributed by atoms with E-state index in [4.69, 9.17) is 0 Å². The molecule has 1 nitrogen and oxygen atoms in total. The SMILES string of the molecule is CC1(C)c2cc(-c3cccc4ccccc34)ccc2-c2c1c1c3ccccc3c3cc(-c4ccccn4)ccc3c1c1ccccc21. The van der Waals surface area contributed by atoms with Crippen molar-refractivity contribution in [1.82, 2.24) is 4.98 Å². The van der Waals surface area contributed by atoms with Crippen LogP contribution in [0.25, 0.3) is 87.4 Å². The minimum Gasteiger partial charge on any atom is -0.256 e. The quantitative estimate of drug-likeness (QED) is 0.181. The van der Waals surface area contributed by atoms with Gasteiger partial charge < -0.3 is 0 Å². The van der Waals surface area contributed by atoms with E-state index in [0.29, 0.717) is 0 Å². The van der Waals surface area contributed by atoms with Crippen LogP contribution in [0.2, 0.25) is 0 Å². The Hall–Kier alpha value is -5.79. The third-order valence-corrected chi connectivity index (χ3v) is 10.6. The molecular formula is C46H31N. The first kappa shape index (κ1) is 26.4. The number of benzene rings is 8. The highest BCUT2D eigenvalue weighted by Gasteiger charge is 2.39. The molecule has 10 rings (SSSR count). The molecule has 0 amide bonds. The fourth-order valence-corrected chi connectivity index (χ4v) is 8.56. The molecule has 8 aromatic carbocycles. The number of hydrogen-bond donors (Lipinski definition) is 0. The summed E-state index contributed by atoms with van der Waals surface area (Å²) in [6.07, 6.45) is 1.88. The van der Waals surface area contributed by atoms with Crippen molar-refractivity contribution in [1.29, 1.82) is 0 Å². The van der Waals surface area contributed by atoms with Gasteiger partial charge in [0, 0.05) is 17.2 Å². The first-order valence-corrected chi connectivity index (χ1v) is 16.5. The molecule has 0 spiro atoms. The van der Waals surface area contributed by atoms with E-state index in [9.17, 15) is 0 Å². The molecule has 1 heteroatoms. The van der Waals surface area contributed by atoms with E-state index in [-0.39, 0.29) is 5.41 Å². The molecule has 220 valence electrons. The summed E-state index contributed by atoms with van der Waals surface area (Å²) in [5.41, 5.74) is 10.0. The van der Waals surface area contributed by atoms with Crippen LogP contribution in [0.4, 0.5) is 0 Å². The second-order valence-corrected chi connectivity index (χ2v) is 13.5. The standard InChI is InChI=1S/C46H31N/c1-46(2)40-27-29(32-19-11-13-28-12-3-4-14-31(28)32)21-24-38(40)43-36-18-8-7-17-35(36)42-37-23-22-30(41-20-9-10-25-47-41)26-39(37)33-15-5-6-16-34(33)44(42)45(43)46/h3-27H,1-2H3. The minimum atomic E-state index is -0.210. The van der Waals surface area contributed by atoms with Crippen LogP contribution in [0, 0.1) is 0 Å². The third kappa shape index (κ3) is 3.63. The summed E-state index contributed by atoms with van der Waals surface area (Å²) in [5, 5.41) is 13.1. The van der Waals surface area contributed by atoms with Crippen molar-refractivity contribution >= 4 is 53.9 Å². The third-order valence-electron chi connectivity index (χ3n) is 10.6. The van der Waals surface area contributed by atoms with Crippen molar-refractivity contribution in [3.8, 4) is 33.5 Å². The molecule has 47 heavy (non-hydrogen) atoms. The molecule has 1 heterocycles. The second kappa shape index (κ2) is 9.61. The summed E-state index contributed by atoms with van der Waals surface area (Å²) < 4.78 is 0. The van der Waals surface area contributed by atoms with Gasteiger partial charge in [0.15, 0.2) is 0 Å². The Kier molecular flexibility index (Phi) is 5.40. The predicted octanol–water partition coefficient (Wildman–Crippen LogP) is 12.5. The lowest BCUT2D eigenvalue weighted by Crippen LogP contribution is -2.16. The van der Waals surface area contributed by atoms with E-state index < -0.39 is 0 Å². The van der Waals surface area contributed by atoms with E-state index >= 15 is 0 Å². The van der Waals surface area contributed by atoms with Gasteiger partial charge in [-0.3, -0.25) is 4.98 Å². The lowest BCUT2D eigenvalue weighted by atomic mass is 9.76. The van der Waals surface area contributed by atoms with Gasteiger partial charge >= 0.3 is 0 Å². The molecule has 0 saturated carbocycles. The highest BCUT2D eigenvalue weighted by Crippen LogP contribution is 2.57. The minimum absolute atomic E-state index is 0.210. The van der Waals surface area contributed by atoms with E-state index in [1.54, 1.807) is 0 Å². The van der Waals surface area contributed by atoms with Gasteiger partial charge in [-0.2, -0.15) is 0 Å². The normalized spacial score (nSPS) is 13.5. The zero-order chi connectivity index (χ0) is 31.3. The summed E-state index contributed by atoms with van der Waals surface area (Å²) >= 11 is 0.